The molecule has 158 valence electrons. The predicted molar refractivity (Wildman–Crippen MR) is 105 cm³/mol. The van der Waals surface area contributed by atoms with Gasteiger partial charge in [0.15, 0.2) is 0 Å². The number of ether oxygens (including phenoxy) is 1. The van der Waals surface area contributed by atoms with Gasteiger partial charge in [-0.1, -0.05) is 12.1 Å². The molecule has 0 saturated carbocycles. The Morgan fingerprint density at radius 1 is 1.10 bits per heavy atom. The molecule has 1 heterocycles. The number of rotatable bonds is 7. The third-order valence-electron chi connectivity index (χ3n) is 4.05. The molecule has 30 heavy (non-hydrogen) atoms. The van der Waals surface area contributed by atoms with Gasteiger partial charge in [0.2, 0.25) is 5.09 Å². The fraction of sp³-hybridized carbons (Fsp3) is 0.150. The van der Waals surface area contributed by atoms with E-state index in [1.165, 1.54) is 38.4 Å². The highest BCUT2D eigenvalue weighted by molar-refractivity contribution is 7.88. The molecular formula is C20H18F2N2O5S. The number of carbonyl (C=O) groups excluding carboxylic acids is 1. The van der Waals surface area contributed by atoms with Crippen LogP contribution in [0.3, 0.4) is 0 Å². The second kappa shape index (κ2) is 8.64. The largest absolute Gasteiger partial charge is 0.485 e. The Bertz CT molecular complexity index is 1180. The number of halogens is 2. The molecule has 0 saturated heterocycles. The van der Waals surface area contributed by atoms with Crippen LogP contribution < -0.4 is 10.1 Å². The predicted octanol–water partition coefficient (Wildman–Crippen LogP) is 3.64. The van der Waals surface area contributed by atoms with E-state index in [0.717, 1.165) is 22.5 Å². The van der Waals surface area contributed by atoms with Crippen molar-refractivity contribution in [2.24, 2.45) is 0 Å². The van der Waals surface area contributed by atoms with Gasteiger partial charge in [-0.2, -0.15) is 0 Å². The number of nitrogens with one attached hydrogen (secondary N) is 1. The van der Waals surface area contributed by atoms with Crippen LogP contribution in [0.2, 0.25) is 0 Å². The Morgan fingerprint density at radius 3 is 2.57 bits per heavy atom. The van der Waals surface area contributed by atoms with Gasteiger partial charge in [-0.25, -0.2) is 21.5 Å². The maximum Gasteiger partial charge on any atom is 0.275 e. The second-order valence-corrected chi connectivity index (χ2v) is 8.45. The van der Waals surface area contributed by atoms with Crippen molar-refractivity contribution in [2.45, 2.75) is 11.7 Å². The SMILES string of the molecule is CN(C)S(=O)(=O)c1ccc(COc2ccccc2C(=O)Nc2cc(F)ccc2F)o1. The Morgan fingerprint density at radius 2 is 1.83 bits per heavy atom. The maximum atomic E-state index is 13.8. The van der Waals surface area contributed by atoms with Gasteiger partial charge in [-0.3, -0.25) is 4.79 Å². The van der Waals surface area contributed by atoms with Gasteiger partial charge in [0.1, 0.15) is 29.8 Å². The molecule has 0 fully saturated rings. The molecule has 0 aliphatic heterocycles. The molecule has 3 aromatic rings. The highest BCUT2D eigenvalue weighted by atomic mass is 32.2. The van der Waals surface area contributed by atoms with Crippen molar-refractivity contribution >= 4 is 21.6 Å². The van der Waals surface area contributed by atoms with Crippen molar-refractivity contribution in [3.63, 3.8) is 0 Å². The summed E-state index contributed by atoms with van der Waals surface area (Å²) < 4.78 is 63.2. The first kappa shape index (κ1) is 21.5. The molecule has 0 radical (unpaired) electrons. The van der Waals surface area contributed by atoms with Crippen molar-refractivity contribution in [1.82, 2.24) is 4.31 Å². The molecule has 1 aromatic heterocycles. The number of amides is 1. The molecule has 0 aliphatic rings. The van der Waals surface area contributed by atoms with E-state index in [0.29, 0.717) is 0 Å². The van der Waals surface area contributed by atoms with Crippen LogP contribution in [0.15, 0.2) is 64.1 Å². The number of hydrogen-bond donors (Lipinski definition) is 1. The summed E-state index contributed by atoms with van der Waals surface area (Å²) in [6.45, 7) is -0.151. The van der Waals surface area contributed by atoms with Crippen LogP contribution in [0.4, 0.5) is 14.5 Å². The van der Waals surface area contributed by atoms with Crippen LogP contribution in [0.1, 0.15) is 16.1 Å². The number of benzene rings is 2. The molecule has 0 unspecified atom stereocenters. The van der Waals surface area contributed by atoms with Crippen molar-refractivity contribution in [1.29, 1.82) is 0 Å². The minimum atomic E-state index is -3.72. The number of hydrogen-bond acceptors (Lipinski definition) is 5. The molecule has 0 bridgehead atoms. The lowest BCUT2D eigenvalue weighted by Crippen LogP contribution is -2.21. The zero-order chi connectivity index (χ0) is 21.9. The van der Waals surface area contributed by atoms with Crippen LogP contribution in [-0.2, 0) is 16.6 Å². The lowest BCUT2D eigenvalue weighted by Gasteiger charge is -2.12. The van der Waals surface area contributed by atoms with Gasteiger partial charge in [0, 0.05) is 20.2 Å². The van der Waals surface area contributed by atoms with E-state index >= 15 is 0 Å². The van der Waals surface area contributed by atoms with Crippen molar-refractivity contribution in [3.8, 4) is 5.75 Å². The topological polar surface area (TPSA) is 88.8 Å². The normalized spacial score (nSPS) is 11.5. The smallest absolute Gasteiger partial charge is 0.275 e. The van der Waals surface area contributed by atoms with Gasteiger partial charge < -0.3 is 14.5 Å². The molecule has 0 atom stereocenters. The average molecular weight is 436 g/mol. The second-order valence-electron chi connectivity index (χ2n) is 6.37. The summed E-state index contributed by atoms with van der Waals surface area (Å²) in [5.41, 5.74) is -0.228. The molecule has 2 aromatic carbocycles. The van der Waals surface area contributed by atoms with E-state index in [4.69, 9.17) is 9.15 Å². The minimum Gasteiger partial charge on any atom is -0.485 e. The highest BCUT2D eigenvalue weighted by Gasteiger charge is 2.22. The Hall–Kier alpha value is -3.24. The molecular weight excluding hydrogens is 418 g/mol. The molecule has 1 N–H and O–H groups in total. The number of nitrogens with zero attached hydrogens (tertiary/aromatic N) is 1. The summed E-state index contributed by atoms with van der Waals surface area (Å²) in [5, 5.41) is 2.06. The first-order valence-electron chi connectivity index (χ1n) is 8.68. The lowest BCUT2D eigenvalue weighted by atomic mass is 10.1. The molecule has 3 rings (SSSR count). The first-order chi connectivity index (χ1) is 14.2. The summed E-state index contributed by atoms with van der Waals surface area (Å²) in [6, 6.07) is 11.6. The van der Waals surface area contributed by atoms with Crippen molar-refractivity contribution in [2.75, 3.05) is 19.4 Å². The molecule has 0 spiro atoms. The summed E-state index contributed by atoms with van der Waals surface area (Å²) >= 11 is 0. The fourth-order valence-corrected chi connectivity index (χ4v) is 3.28. The van der Waals surface area contributed by atoms with Crippen LogP contribution >= 0.6 is 0 Å². The standard InChI is InChI=1S/C20H18F2N2O5S/c1-24(2)30(26,27)19-10-8-14(29-19)12-28-18-6-4-3-5-15(18)20(25)23-17-11-13(21)7-9-16(17)22/h3-11H,12H2,1-2H3,(H,23,25). The summed E-state index contributed by atoms with van der Waals surface area (Å²) in [6.07, 6.45) is 0. The third kappa shape index (κ3) is 4.66. The highest BCUT2D eigenvalue weighted by Crippen LogP contribution is 2.24. The van der Waals surface area contributed by atoms with Crippen molar-refractivity contribution in [3.05, 3.63) is 77.6 Å². The fourth-order valence-electron chi connectivity index (χ4n) is 2.47. The van der Waals surface area contributed by atoms with Crippen LogP contribution in [0.25, 0.3) is 0 Å². The van der Waals surface area contributed by atoms with Gasteiger partial charge in [-0.15, -0.1) is 0 Å². The third-order valence-corrected chi connectivity index (χ3v) is 5.74. The maximum absolute atomic E-state index is 13.8. The van der Waals surface area contributed by atoms with Gasteiger partial charge in [0.05, 0.1) is 11.3 Å². The number of para-hydroxylation sites is 1. The van der Waals surface area contributed by atoms with Crippen molar-refractivity contribution < 1.29 is 31.1 Å². The monoisotopic (exact) mass is 436 g/mol. The number of carbonyl (C=O) groups is 1. The van der Waals surface area contributed by atoms with E-state index in [1.807, 2.05) is 0 Å². The molecule has 0 aliphatic carbocycles. The van der Waals surface area contributed by atoms with Crippen LogP contribution in [0.5, 0.6) is 5.75 Å². The zero-order valence-corrected chi connectivity index (χ0v) is 16.9. The Kier molecular flexibility index (Phi) is 6.18. The summed E-state index contributed by atoms with van der Waals surface area (Å²) in [7, 11) is -0.963. The summed E-state index contributed by atoms with van der Waals surface area (Å²) in [4.78, 5) is 12.5. The van der Waals surface area contributed by atoms with E-state index in [-0.39, 0.29) is 34.5 Å². The molecule has 1 amide bonds. The lowest BCUT2D eigenvalue weighted by molar-refractivity contribution is 0.102. The van der Waals surface area contributed by atoms with Gasteiger partial charge in [0.25, 0.3) is 15.9 Å². The van der Waals surface area contributed by atoms with Crippen LogP contribution in [0, 0.1) is 11.6 Å². The average Bonchev–Trinajstić information content (AvgIpc) is 3.19. The Balaban J connectivity index is 1.75. The van der Waals surface area contributed by atoms with E-state index in [9.17, 15) is 22.0 Å². The van der Waals surface area contributed by atoms with Crippen LogP contribution in [-0.4, -0.2) is 32.7 Å². The Labute approximate surface area is 171 Å². The minimum absolute atomic E-state index is 0.0776. The number of anilines is 1. The van der Waals surface area contributed by atoms with E-state index in [2.05, 4.69) is 5.32 Å². The summed E-state index contributed by atoms with van der Waals surface area (Å²) in [5.74, 6) is -1.81. The molecule has 7 nitrogen and oxygen atoms in total. The first-order valence-corrected chi connectivity index (χ1v) is 10.1. The molecule has 10 heteroatoms. The zero-order valence-electron chi connectivity index (χ0n) is 16.1. The van der Waals surface area contributed by atoms with Gasteiger partial charge >= 0.3 is 0 Å². The van der Waals surface area contributed by atoms with Gasteiger partial charge in [-0.05, 0) is 36.4 Å². The van der Waals surface area contributed by atoms with E-state index < -0.39 is 27.6 Å². The van der Waals surface area contributed by atoms with E-state index in [1.54, 1.807) is 12.1 Å². The quantitative estimate of drug-likeness (QED) is 0.611. The number of sulfonamides is 1. The number of furan rings is 1.